The summed E-state index contributed by atoms with van der Waals surface area (Å²) in [5.74, 6) is -0.635. The van der Waals surface area contributed by atoms with Crippen molar-refractivity contribution in [3.05, 3.63) is 69.7 Å². The molecule has 1 amide bonds. The number of hydrogen-bond donors (Lipinski definition) is 0. The van der Waals surface area contributed by atoms with Crippen LogP contribution in [0.1, 0.15) is 37.9 Å². The van der Waals surface area contributed by atoms with Gasteiger partial charge in [-0.2, -0.15) is 0 Å². The highest BCUT2D eigenvalue weighted by atomic mass is 35.5. The van der Waals surface area contributed by atoms with E-state index in [0.717, 1.165) is 11.1 Å². The fourth-order valence-corrected chi connectivity index (χ4v) is 4.12. The maximum atomic E-state index is 12.8. The molecule has 3 rings (SSSR count). The van der Waals surface area contributed by atoms with Crippen molar-refractivity contribution in [3.8, 4) is 0 Å². The fourth-order valence-electron chi connectivity index (χ4n) is 3.87. The Kier molecular flexibility index (Phi) is 7.06. The number of piperazine rings is 1. The molecule has 1 saturated heterocycles. The van der Waals surface area contributed by atoms with Gasteiger partial charge in [-0.15, -0.1) is 0 Å². The summed E-state index contributed by atoms with van der Waals surface area (Å²) in [5, 5.41) is 1.38. The molecule has 0 spiro atoms. The molecule has 1 aliphatic rings. The Morgan fingerprint density at radius 1 is 0.867 bits per heavy atom. The molecule has 1 heterocycles. The summed E-state index contributed by atoms with van der Waals surface area (Å²) >= 11 is 12.2. The molecule has 0 atom stereocenters. The molecule has 0 aromatic heterocycles. The van der Waals surface area contributed by atoms with E-state index in [1.54, 1.807) is 18.7 Å². The van der Waals surface area contributed by atoms with E-state index < -0.39 is 11.6 Å². The van der Waals surface area contributed by atoms with Crippen molar-refractivity contribution in [1.82, 2.24) is 9.80 Å². The number of nitrogens with zero attached hydrogens (tertiary/aromatic N) is 2. The van der Waals surface area contributed by atoms with E-state index in [9.17, 15) is 9.59 Å². The van der Waals surface area contributed by atoms with Crippen molar-refractivity contribution >= 4 is 35.1 Å². The van der Waals surface area contributed by atoms with Crippen LogP contribution >= 0.6 is 23.2 Å². The molecule has 1 fully saturated rings. The van der Waals surface area contributed by atoms with Crippen LogP contribution in [0, 0.1) is 0 Å². The van der Waals surface area contributed by atoms with Gasteiger partial charge in [0.15, 0.2) is 5.60 Å². The molecule has 0 N–H and O–H groups in total. The molecule has 0 aliphatic carbocycles. The maximum Gasteiger partial charge on any atom is 0.303 e. The molecule has 2 aromatic carbocycles. The number of esters is 1. The van der Waals surface area contributed by atoms with Gasteiger partial charge in [-0.1, -0.05) is 47.5 Å². The molecule has 2 aromatic rings. The smallest absolute Gasteiger partial charge is 0.303 e. The number of carbonyl (C=O) groups excluding carboxylic acids is 2. The number of ether oxygens (including phenoxy) is 1. The van der Waals surface area contributed by atoms with E-state index in [2.05, 4.69) is 4.90 Å². The molecule has 30 heavy (non-hydrogen) atoms. The predicted octanol–water partition coefficient (Wildman–Crippen LogP) is 4.57. The molecule has 0 saturated carbocycles. The van der Waals surface area contributed by atoms with E-state index in [1.165, 1.54) is 6.92 Å². The largest absolute Gasteiger partial charge is 0.450 e. The van der Waals surface area contributed by atoms with Crippen LogP contribution in [-0.2, 0) is 14.3 Å². The summed E-state index contributed by atoms with van der Waals surface area (Å²) in [7, 11) is 0. The van der Waals surface area contributed by atoms with Gasteiger partial charge in [-0.25, -0.2) is 0 Å². The van der Waals surface area contributed by atoms with Crippen LogP contribution in [0.2, 0.25) is 10.0 Å². The standard InChI is InChI=1S/C23H26Cl2N2O3/c1-16(28)30-23(2,3)22(29)27-14-12-26(13-15-27)21(17-4-8-19(24)9-5-17)18-6-10-20(25)11-7-18/h4-11,21H,12-15H2,1-3H3. The number of carbonyl (C=O) groups is 2. The lowest BCUT2D eigenvalue weighted by Gasteiger charge is -2.41. The van der Waals surface area contributed by atoms with Gasteiger partial charge in [-0.3, -0.25) is 14.5 Å². The number of halogens is 2. The second-order valence-electron chi connectivity index (χ2n) is 7.94. The van der Waals surface area contributed by atoms with Crippen LogP contribution in [0.4, 0.5) is 0 Å². The Hall–Kier alpha value is -2.08. The SMILES string of the molecule is CC(=O)OC(C)(C)C(=O)N1CCN(C(c2ccc(Cl)cc2)c2ccc(Cl)cc2)CC1. The van der Waals surface area contributed by atoms with Crippen LogP contribution in [0.3, 0.4) is 0 Å². The van der Waals surface area contributed by atoms with Crippen molar-refractivity contribution in [2.45, 2.75) is 32.4 Å². The summed E-state index contributed by atoms with van der Waals surface area (Å²) in [6.45, 7) is 7.08. The minimum Gasteiger partial charge on any atom is -0.450 e. The Bertz CT molecular complexity index is 844. The number of benzene rings is 2. The molecule has 5 nitrogen and oxygen atoms in total. The first-order chi connectivity index (χ1) is 14.2. The summed E-state index contributed by atoms with van der Waals surface area (Å²) in [6.07, 6.45) is 0. The second kappa shape index (κ2) is 9.38. The number of hydrogen-bond acceptors (Lipinski definition) is 4. The van der Waals surface area contributed by atoms with Crippen LogP contribution in [-0.4, -0.2) is 53.5 Å². The van der Waals surface area contributed by atoms with Gasteiger partial charge < -0.3 is 9.64 Å². The third kappa shape index (κ3) is 5.34. The van der Waals surface area contributed by atoms with E-state index in [0.29, 0.717) is 36.2 Å². The van der Waals surface area contributed by atoms with Crippen molar-refractivity contribution in [2.75, 3.05) is 26.2 Å². The van der Waals surface area contributed by atoms with E-state index in [1.807, 2.05) is 48.5 Å². The summed E-state index contributed by atoms with van der Waals surface area (Å²) in [5.41, 5.74) is 1.09. The first-order valence-corrected chi connectivity index (χ1v) is 10.7. The molecular weight excluding hydrogens is 423 g/mol. The van der Waals surface area contributed by atoms with Crippen LogP contribution in [0.25, 0.3) is 0 Å². The molecule has 1 aliphatic heterocycles. The van der Waals surface area contributed by atoms with Crippen LogP contribution in [0.5, 0.6) is 0 Å². The van der Waals surface area contributed by atoms with Gasteiger partial charge in [0.25, 0.3) is 5.91 Å². The fraction of sp³-hybridized carbons (Fsp3) is 0.391. The average Bonchev–Trinajstić information content (AvgIpc) is 2.70. The predicted molar refractivity (Wildman–Crippen MR) is 119 cm³/mol. The first-order valence-electron chi connectivity index (χ1n) is 9.91. The van der Waals surface area contributed by atoms with E-state index >= 15 is 0 Å². The van der Waals surface area contributed by atoms with E-state index in [-0.39, 0.29) is 11.9 Å². The van der Waals surface area contributed by atoms with Gasteiger partial charge in [0.05, 0.1) is 6.04 Å². The highest BCUT2D eigenvalue weighted by molar-refractivity contribution is 6.30. The van der Waals surface area contributed by atoms with Gasteiger partial charge in [0.2, 0.25) is 0 Å². The topological polar surface area (TPSA) is 49.9 Å². The lowest BCUT2D eigenvalue weighted by atomic mass is 9.96. The summed E-state index contributed by atoms with van der Waals surface area (Å²) in [6, 6.07) is 15.7. The van der Waals surface area contributed by atoms with Gasteiger partial charge in [-0.05, 0) is 49.2 Å². The van der Waals surface area contributed by atoms with Gasteiger partial charge in [0, 0.05) is 43.1 Å². The maximum absolute atomic E-state index is 12.8. The lowest BCUT2D eigenvalue weighted by molar-refractivity contribution is -0.169. The Labute approximate surface area is 187 Å². The van der Waals surface area contributed by atoms with Crippen molar-refractivity contribution in [2.24, 2.45) is 0 Å². The average molecular weight is 449 g/mol. The summed E-state index contributed by atoms with van der Waals surface area (Å²) in [4.78, 5) is 28.3. The molecule has 160 valence electrons. The first kappa shape index (κ1) is 22.6. The monoisotopic (exact) mass is 448 g/mol. The minimum atomic E-state index is -1.17. The van der Waals surface area contributed by atoms with E-state index in [4.69, 9.17) is 27.9 Å². The molecule has 0 unspecified atom stereocenters. The normalized spacial score (nSPS) is 15.3. The highest BCUT2D eigenvalue weighted by Gasteiger charge is 2.37. The van der Waals surface area contributed by atoms with Crippen LogP contribution in [0.15, 0.2) is 48.5 Å². The summed E-state index contributed by atoms with van der Waals surface area (Å²) < 4.78 is 5.22. The third-order valence-electron chi connectivity index (χ3n) is 5.25. The van der Waals surface area contributed by atoms with Crippen LogP contribution < -0.4 is 0 Å². The minimum absolute atomic E-state index is 0.0262. The Balaban J connectivity index is 1.78. The van der Waals surface area contributed by atoms with Gasteiger partial charge in [0.1, 0.15) is 0 Å². The number of rotatable bonds is 5. The van der Waals surface area contributed by atoms with Crippen molar-refractivity contribution in [1.29, 1.82) is 0 Å². The second-order valence-corrected chi connectivity index (χ2v) is 8.81. The zero-order valence-corrected chi connectivity index (χ0v) is 18.9. The zero-order valence-electron chi connectivity index (χ0n) is 17.4. The zero-order chi connectivity index (χ0) is 21.9. The molecule has 0 radical (unpaired) electrons. The highest BCUT2D eigenvalue weighted by Crippen LogP contribution is 2.31. The lowest BCUT2D eigenvalue weighted by Crippen LogP contribution is -2.55. The number of amides is 1. The molecule has 0 bridgehead atoms. The molecular formula is C23H26Cl2N2O3. The molecule has 7 heteroatoms. The van der Waals surface area contributed by atoms with Crippen molar-refractivity contribution in [3.63, 3.8) is 0 Å². The Morgan fingerprint density at radius 3 is 1.70 bits per heavy atom. The van der Waals surface area contributed by atoms with Gasteiger partial charge >= 0.3 is 5.97 Å². The Morgan fingerprint density at radius 2 is 1.30 bits per heavy atom. The quantitative estimate of drug-likeness (QED) is 0.628. The van der Waals surface area contributed by atoms with Crippen molar-refractivity contribution < 1.29 is 14.3 Å². The third-order valence-corrected chi connectivity index (χ3v) is 5.76.